The van der Waals surface area contributed by atoms with Gasteiger partial charge in [-0.15, -0.1) is 0 Å². The standard InChI is InChI=1S/C16H33N3/c1-3-7-18-8-10-19(11-9-18)16-12-14(4-2)5-6-15(16)13-17/h14-16H,3-13,17H2,1-2H3. The molecular formula is C16H33N3. The second-order valence-electron chi connectivity index (χ2n) is 6.53. The number of nitrogens with two attached hydrogens (primary N) is 1. The Bertz CT molecular complexity index is 248. The lowest BCUT2D eigenvalue weighted by atomic mass is 9.76. The average molecular weight is 267 g/mol. The van der Waals surface area contributed by atoms with Crippen molar-refractivity contribution in [2.75, 3.05) is 39.3 Å². The molecule has 3 atom stereocenters. The monoisotopic (exact) mass is 267 g/mol. The fraction of sp³-hybridized carbons (Fsp3) is 1.00. The van der Waals surface area contributed by atoms with Gasteiger partial charge >= 0.3 is 0 Å². The van der Waals surface area contributed by atoms with Crippen molar-refractivity contribution in [3.63, 3.8) is 0 Å². The maximum Gasteiger partial charge on any atom is 0.0139 e. The number of hydrogen-bond donors (Lipinski definition) is 1. The summed E-state index contributed by atoms with van der Waals surface area (Å²) in [5.41, 5.74) is 6.03. The second-order valence-corrected chi connectivity index (χ2v) is 6.53. The van der Waals surface area contributed by atoms with Gasteiger partial charge in [0.1, 0.15) is 0 Å². The highest BCUT2D eigenvalue weighted by molar-refractivity contribution is 4.89. The Morgan fingerprint density at radius 3 is 2.37 bits per heavy atom. The summed E-state index contributed by atoms with van der Waals surface area (Å²) in [5.74, 6) is 1.70. The normalized spacial score (nSPS) is 34.6. The van der Waals surface area contributed by atoms with Crippen molar-refractivity contribution in [1.82, 2.24) is 9.80 Å². The van der Waals surface area contributed by atoms with E-state index in [0.29, 0.717) is 0 Å². The first kappa shape index (κ1) is 15.3. The Hall–Kier alpha value is -0.120. The van der Waals surface area contributed by atoms with E-state index in [4.69, 9.17) is 5.73 Å². The summed E-state index contributed by atoms with van der Waals surface area (Å²) in [5, 5.41) is 0. The van der Waals surface area contributed by atoms with Gasteiger partial charge in [-0.1, -0.05) is 26.7 Å². The Labute approximate surface area is 119 Å². The molecule has 2 aliphatic rings. The molecule has 112 valence electrons. The van der Waals surface area contributed by atoms with Crippen LogP contribution in [0.1, 0.15) is 46.0 Å². The lowest BCUT2D eigenvalue weighted by Gasteiger charge is -2.46. The minimum absolute atomic E-state index is 0.750. The van der Waals surface area contributed by atoms with Gasteiger partial charge in [0.2, 0.25) is 0 Å². The van der Waals surface area contributed by atoms with Crippen molar-refractivity contribution in [2.45, 2.75) is 52.0 Å². The largest absolute Gasteiger partial charge is 0.330 e. The van der Waals surface area contributed by atoms with Gasteiger partial charge in [0.05, 0.1) is 0 Å². The molecule has 0 bridgehead atoms. The zero-order valence-corrected chi connectivity index (χ0v) is 13.0. The molecule has 2 N–H and O–H groups in total. The van der Waals surface area contributed by atoms with Gasteiger partial charge in [-0.25, -0.2) is 0 Å². The first-order chi connectivity index (χ1) is 9.28. The number of rotatable bonds is 5. The predicted molar refractivity (Wildman–Crippen MR) is 82.3 cm³/mol. The summed E-state index contributed by atoms with van der Waals surface area (Å²) in [7, 11) is 0. The molecule has 1 aliphatic heterocycles. The van der Waals surface area contributed by atoms with Gasteiger partial charge in [-0.3, -0.25) is 4.90 Å². The Morgan fingerprint density at radius 1 is 1.05 bits per heavy atom. The third kappa shape index (κ3) is 3.93. The van der Waals surface area contributed by atoms with E-state index in [1.165, 1.54) is 64.8 Å². The number of hydrogen-bond acceptors (Lipinski definition) is 3. The third-order valence-corrected chi connectivity index (χ3v) is 5.36. The van der Waals surface area contributed by atoms with E-state index in [1.54, 1.807) is 0 Å². The zero-order chi connectivity index (χ0) is 13.7. The van der Waals surface area contributed by atoms with Gasteiger partial charge in [0.15, 0.2) is 0 Å². The molecule has 1 heterocycles. The first-order valence-electron chi connectivity index (χ1n) is 8.44. The summed E-state index contributed by atoms with van der Waals surface area (Å²) in [6, 6.07) is 0.771. The zero-order valence-electron chi connectivity index (χ0n) is 13.0. The SMILES string of the molecule is CCCN1CCN(C2CC(CC)CCC2CN)CC1. The number of piperazine rings is 1. The number of nitrogens with zero attached hydrogens (tertiary/aromatic N) is 2. The van der Waals surface area contributed by atoms with Crippen LogP contribution in [0.5, 0.6) is 0 Å². The maximum absolute atomic E-state index is 6.03. The lowest BCUT2D eigenvalue weighted by Crippen LogP contribution is -2.54. The van der Waals surface area contributed by atoms with Crippen molar-refractivity contribution in [1.29, 1.82) is 0 Å². The maximum atomic E-state index is 6.03. The third-order valence-electron chi connectivity index (χ3n) is 5.36. The molecule has 2 rings (SSSR count). The van der Waals surface area contributed by atoms with E-state index >= 15 is 0 Å². The van der Waals surface area contributed by atoms with Gasteiger partial charge in [0.25, 0.3) is 0 Å². The van der Waals surface area contributed by atoms with E-state index in [2.05, 4.69) is 23.6 Å². The Balaban J connectivity index is 1.88. The van der Waals surface area contributed by atoms with Crippen molar-refractivity contribution in [3.8, 4) is 0 Å². The summed E-state index contributed by atoms with van der Waals surface area (Å²) in [6.07, 6.45) is 6.79. The fourth-order valence-corrected chi connectivity index (χ4v) is 4.02. The van der Waals surface area contributed by atoms with Gasteiger partial charge in [-0.2, -0.15) is 0 Å². The molecule has 3 unspecified atom stereocenters. The second kappa shape index (κ2) is 7.61. The highest BCUT2D eigenvalue weighted by Gasteiger charge is 2.34. The van der Waals surface area contributed by atoms with E-state index in [-0.39, 0.29) is 0 Å². The highest BCUT2D eigenvalue weighted by atomic mass is 15.3. The summed E-state index contributed by atoms with van der Waals surface area (Å²) >= 11 is 0. The first-order valence-corrected chi connectivity index (χ1v) is 8.44. The molecular weight excluding hydrogens is 234 g/mol. The molecule has 0 aromatic carbocycles. The van der Waals surface area contributed by atoms with Gasteiger partial charge < -0.3 is 10.6 Å². The molecule has 0 spiro atoms. The van der Waals surface area contributed by atoms with Gasteiger partial charge in [-0.05, 0) is 44.2 Å². The van der Waals surface area contributed by atoms with Crippen molar-refractivity contribution in [2.24, 2.45) is 17.6 Å². The summed E-state index contributed by atoms with van der Waals surface area (Å²) in [6.45, 7) is 11.8. The Kier molecular flexibility index (Phi) is 6.11. The smallest absolute Gasteiger partial charge is 0.0139 e. The van der Waals surface area contributed by atoms with E-state index in [9.17, 15) is 0 Å². The topological polar surface area (TPSA) is 32.5 Å². The predicted octanol–water partition coefficient (Wildman–Crippen LogP) is 2.17. The van der Waals surface area contributed by atoms with Crippen LogP contribution < -0.4 is 5.73 Å². The quantitative estimate of drug-likeness (QED) is 0.828. The summed E-state index contributed by atoms with van der Waals surface area (Å²) < 4.78 is 0. The minimum Gasteiger partial charge on any atom is -0.330 e. The molecule has 0 amide bonds. The minimum atomic E-state index is 0.750. The molecule has 0 aromatic heterocycles. The van der Waals surface area contributed by atoms with Crippen LogP contribution in [0, 0.1) is 11.8 Å². The molecule has 2 fully saturated rings. The molecule has 3 heteroatoms. The van der Waals surface area contributed by atoms with E-state index < -0.39 is 0 Å². The van der Waals surface area contributed by atoms with Crippen LogP contribution in [0.25, 0.3) is 0 Å². The summed E-state index contributed by atoms with van der Waals surface area (Å²) in [4.78, 5) is 5.37. The van der Waals surface area contributed by atoms with Crippen molar-refractivity contribution in [3.05, 3.63) is 0 Å². The van der Waals surface area contributed by atoms with Crippen LogP contribution in [-0.4, -0.2) is 55.1 Å². The van der Waals surface area contributed by atoms with E-state index in [0.717, 1.165) is 24.4 Å². The van der Waals surface area contributed by atoms with Crippen molar-refractivity contribution < 1.29 is 0 Å². The van der Waals surface area contributed by atoms with E-state index in [1.807, 2.05) is 0 Å². The molecule has 1 saturated heterocycles. The van der Waals surface area contributed by atoms with Crippen molar-refractivity contribution >= 4 is 0 Å². The molecule has 0 radical (unpaired) electrons. The molecule has 0 aromatic rings. The molecule has 3 nitrogen and oxygen atoms in total. The molecule has 1 aliphatic carbocycles. The van der Waals surface area contributed by atoms with Crippen LogP contribution in [0.2, 0.25) is 0 Å². The van der Waals surface area contributed by atoms with Crippen LogP contribution in [-0.2, 0) is 0 Å². The fourth-order valence-electron chi connectivity index (χ4n) is 4.02. The molecule has 1 saturated carbocycles. The lowest BCUT2D eigenvalue weighted by molar-refractivity contribution is 0.0368. The van der Waals surface area contributed by atoms with Crippen LogP contribution in [0.3, 0.4) is 0 Å². The Morgan fingerprint density at radius 2 is 1.79 bits per heavy atom. The van der Waals surface area contributed by atoms with Crippen LogP contribution in [0.15, 0.2) is 0 Å². The van der Waals surface area contributed by atoms with Gasteiger partial charge in [0, 0.05) is 32.2 Å². The average Bonchev–Trinajstić information content (AvgIpc) is 2.47. The van der Waals surface area contributed by atoms with Crippen LogP contribution in [0.4, 0.5) is 0 Å². The van der Waals surface area contributed by atoms with Crippen LogP contribution >= 0.6 is 0 Å². The molecule has 19 heavy (non-hydrogen) atoms. The highest BCUT2D eigenvalue weighted by Crippen LogP contribution is 2.34.